The van der Waals surface area contributed by atoms with E-state index in [1.54, 1.807) is 36.0 Å². The lowest BCUT2D eigenvalue weighted by Crippen LogP contribution is -2.44. The van der Waals surface area contributed by atoms with E-state index in [1.807, 2.05) is 48.0 Å². The number of aromatic nitrogens is 1. The van der Waals surface area contributed by atoms with Gasteiger partial charge in [0.2, 0.25) is 5.91 Å². The standard InChI is InChI=1S/C21H21N3O2S2/c1-27-13-12-17(22-19(25)16-10-6-3-7-11-16)20(26)24-21-23-18(14-28-21)15-8-4-2-5-9-15/h2-11,14,17H,12-13H2,1H3,(H,22,25)(H,23,24,26)/t17-/m0/s1. The van der Waals surface area contributed by atoms with Gasteiger partial charge in [-0.05, 0) is 30.6 Å². The number of benzene rings is 2. The predicted octanol–water partition coefficient (Wildman–Crippen LogP) is 4.30. The summed E-state index contributed by atoms with van der Waals surface area (Å²) in [5, 5.41) is 8.11. The first-order valence-electron chi connectivity index (χ1n) is 8.84. The Kier molecular flexibility index (Phi) is 7.22. The summed E-state index contributed by atoms with van der Waals surface area (Å²) in [6, 6.07) is 18.1. The van der Waals surface area contributed by atoms with E-state index >= 15 is 0 Å². The molecule has 2 N–H and O–H groups in total. The monoisotopic (exact) mass is 411 g/mol. The zero-order chi connectivity index (χ0) is 19.8. The number of anilines is 1. The molecule has 3 aromatic rings. The van der Waals surface area contributed by atoms with Crippen molar-refractivity contribution < 1.29 is 9.59 Å². The SMILES string of the molecule is CSCC[C@H](NC(=O)c1ccccc1)C(=O)Nc1nc(-c2ccccc2)cs1. The van der Waals surface area contributed by atoms with Crippen molar-refractivity contribution in [3.8, 4) is 11.3 Å². The highest BCUT2D eigenvalue weighted by atomic mass is 32.2. The topological polar surface area (TPSA) is 71.1 Å². The highest BCUT2D eigenvalue weighted by molar-refractivity contribution is 7.98. The lowest BCUT2D eigenvalue weighted by molar-refractivity contribution is -0.118. The predicted molar refractivity (Wildman–Crippen MR) is 117 cm³/mol. The third-order valence-electron chi connectivity index (χ3n) is 4.07. The Hall–Kier alpha value is -2.64. The lowest BCUT2D eigenvalue weighted by atomic mass is 10.1. The minimum absolute atomic E-state index is 0.257. The number of carbonyl (C=O) groups excluding carboxylic acids is 2. The fourth-order valence-electron chi connectivity index (χ4n) is 2.60. The highest BCUT2D eigenvalue weighted by Gasteiger charge is 2.22. The van der Waals surface area contributed by atoms with Crippen LogP contribution in [0.2, 0.25) is 0 Å². The second-order valence-electron chi connectivity index (χ2n) is 6.07. The zero-order valence-corrected chi connectivity index (χ0v) is 17.1. The Bertz CT molecular complexity index is 914. The Morgan fingerprint density at radius 3 is 2.43 bits per heavy atom. The molecule has 0 saturated carbocycles. The summed E-state index contributed by atoms with van der Waals surface area (Å²) in [6.07, 6.45) is 2.52. The van der Waals surface area contributed by atoms with Crippen LogP contribution in [0.15, 0.2) is 66.0 Å². The molecule has 0 spiro atoms. The molecule has 5 nitrogen and oxygen atoms in total. The first-order valence-corrected chi connectivity index (χ1v) is 11.1. The summed E-state index contributed by atoms with van der Waals surface area (Å²) in [7, 11) is 0. The number of nitrogens with one attached hydrogen (secondary N) is 2. The van der Waals surface area contributed by atoms with Gasteiger partial charge in [0.25, 0.3) is 5.91 Å². The Morgan fingerprint density at radius 2 is 1.75 bits per heavy atom. The van der Waals surface area contributed by atoms with Crippen molar-refractivity contribution in [2.45, 2.75) is 12.5 Å². The van der Waals surface area contributed by atoms with E-state index in [2.05, 4.69) is 15.6 Å². The summed E-state index contributed by atoms with van der Waals surface area (Å²) < 4.78 is 0. The van der Waals surface area contributed by atoms with Gasteiger partial charge < -0.3 is 10.6 Å². The van der Waals surface area contributed by atoms with Crippen LogP contribution in [0.3, 0.4) is 0 Å². The number of amides is 2. The van der Waals surface area contributed by atoms with Crippen LogP contribution in [0.1, 0.15) is 16.8 Å². The summed E-state index contributed by atoms with van der Waals surface area (Å²) in [4.78, 5) is 29.7. The van der Waals surface area contributed by atoms with Gasteiger partial charge in [-0.1, -0.05) is 48.5 Å². The second-order valence-corrected chi connectivity index (χ2v) is 7.91. The first kappa shape index (κ1) is 20.1. The third kappa shape index (κ3) is 5.43. The van der Waals surface area contributed by atoms with Gasteiger partial charge in [0.1, 0.15) is 6.04 Å². The van der Waals surface area contributed by atoms with Gasteiger partial charge in [-0.2, -0.15) is 11.8 Å². The van der Waals surface area contributed by atoms with Gasteiger partial charge in [-0.3, -0.25) is 9.59 Å². The molecular weight excluding hydrogens is 390 g/mol. The lowest BCUT2D eigenvalue weighted by Gasteiger charge is -2.17. The van der Waals surface area contributed by atoms with E-state index in [-0.39, 0.29) is 11.8 Å². The number of rotatable bonds is 8. The molecule has 0 aliphatic heterocycles. The van der Waals surface area contributed by atoms with Crippen LogP contribution in [-0.4, -0.2) is 34.8 Å². The van der Waals surface area contributed by atoms with Crippen molar-refractivity contribution in [3.05, 3.63) is 71.6 Å². The number of hydrogen-bond acceptors (Lipinski definition) is 5. The van der Waals surface area contributed by atoms with Crippen LogP contribution in [0.5, 0.6) is 0 Å². The van der Waals surface area contributed by atoms with E-state index in [0.29, 0.717) is 17.1 Å². The number of nitrogens with zero attached hydrogens (tertiary/aromatic N) is 1. The molecule has 2 amide bonds. The number of carbonyl (C=O) groups is 2. The minimum atomic E-state index is -0.621. The molecule has 3 rings (SSSR count). The van der Waals surface area contributed by atoms with E-state index < -0.39 is 6.04 Å². The van der Waals surface area contributed by atoms with E-state index in [1.165, 1.54) is 11.3 Å². The molecule has 28 heavy (non-hydrogen) atoms. The van der Waals surface area contributed by atoms with Crippen LogP contribution < -0.4 is 10.6 Å². The van der Waals surface area contributed by atoms with Crippen molar-refractivity contribution in [2.75, 3.05) is 17.3 Å². The molecule has 0 unspecified atom stereocenters. The van der Waals surface area contributed by atoms with Crippen LogP contribution in [0.25, 0.3) is 11.3 Å². The molecule has 7 heteroatoms. The van der Waals surface area contributed by atoms with Crippen molar-refractivity contribution >= 4 is 40.0 Å². The van der Waals surface area contributed by atoms with Gasteiger partial charge in [0, 0.05) is 16.5 Å². The van der Waals surface area contributed by atoms with Gasteiger partial charge >= 0.3 is 0 Å². The summed E-state index contributed by atoms with van der Waals surface area (Å²) >= 11 is 3.00. The van der Waals surface area contributed by atoms with Crippen molar-refractivity contribution in [1.29, 1.82) is 0 Å². The van der Waals surface area contributed by atoms with Gasteiger partial charge in [-0.15, -0.1) is 11.3 Å². The van der Waals surface area contributed by atoms with Crippen LogP contribution in [0.4, 0.5) is 5.13 Å². The Balaban J connectivity index is 1.68. The van der Waals surface area contributed by atoms with Crippen LogP contribution >= 0.6 is 23.1 Å². The molecule has 0 aliphatic rings. The zero-order valence-electron chi connectivity index (χ0n) is 15.4. The molecule has 2 aromatic carbocycles. The smallest absolute Gasteiger partial charge is 0.251 e. The van der Waals surface area contributed by atoms with Gasteiger partial charge in [-0.25, -0.2) is 4.98 Å². The van der Waals surface area contributed by atoms with E-state index in [0.717, 1.165) is 17.0 Å². The Morgan fingerprint density at radius 1 is 1.07 bits per heavy atom. The van der Waals surface area contributed by atoms with Gasteiger partial charge in [0.15, 0.2) is 5.13 Å². The van der Waals surface area contributed by atoms with Crippen molar-refractivity contribution in [1.82, 2.24) is 10.3 Å². The molecule has 0 fully saturated rings. The molecule has 1 aromatic heterocycles. The highest BCUT2D eigenvalue weighted by Crippen LogP contribution is 2.24. The Labute approximate surface area is 172 Å². The summed E-state index contributed by atoms with van der Waals surface area (Å²) in [5.41, 5.74) is 2.34. The maximum absolute atomic E-state index is 12.8. The maximum Gasteiger partial charge on any atom is 0.251 e. The average Bonchev–Trinajstić information content (AvgIpc) is 3.20. The quantitative estimate of drug-likeness (QED) is 0.580. The molecule has 144 valence electrons. The van der Waals surface area contributed by atoms with Crippen LogP contribution in [0, 0.1) is 0 Å². The second kappa shape index (κ2) is 10.1. The van der Waals surface area contributed by atoms with Gasteiger partial charge in [0.05, 0.1) is 5.69 Å². The maximum atomic E-state index is 12.8. The largest absolute Gasteiger partial charge is 0.340 e. The first-order chi connectivity index (χ1) is 13.7. The normalized spacial score (nSPS) is 11.6. The fourth-order valence-corrected chi connectivity index (χ4v) is 3.79. The third-order valence-corrected chi connectivity index (χ3v) is 5.47. The van der Waals surface area contributed by atoms with Crippen LogP contribution in [-0.2, 0) is 4.79 Å². The number of thioether (sulfide) groups is 1. The van der Waals surface area contributed by atoms with E-state index in [9.17, 15) is 9.59 Å². The molecule has 0 radical (unpaired) electrons. The van der Waals surface area contributed by atoms with Crippen molar-refractivity contribution in [3.63, 3.8) is 0 Å². The summed E-state index contributed by atoms with van der Waals surface area (Å²) in [6.45, 7) is 0. The molecule has 1 atom stereocenters. The molecular formula is C21H21N3O2S2. The number of thiazole rings is 1. The molecule has 0 aliphatic carbocycles. The minimum Gasteiger partial charge on any atom is -0.340 e. The molecule has 0 bridgehead atoms. The van der Waals surface area contributed by atoms with E-state index in [4.69, 9.17) is 0 Å². The molecule has 1 heterocycles. The summed E-state index contributed by atoms with van der Waals surface area (Å²) in [5.74, 6) is 0.249. The van der Waals surface area contributed by atoms with Crippen molar-refractivity contribution in [2.24, 2.45) is 0 Å². The molecule has 0 saturated heterocycles. The average molecular weight is 412 g/mol. The fraction of sp³-hybridized carbons (Fsp3) is 0.190. The number of hydrogen-bond donors (Lipinski definition) is 2.